The molecule has 0 fully saturated rings. The first-order valence-electron chi connectivity index (χ1n) is 8.71. The molecule has 0 atom stereocenters. The average Bonchev–Trinajstić information content (AvgIpc) is 3.05. The van der Waals surface area contributed by atoms with E-state index in [4.69, 9.17) is 9.47 Å². The average molecular weight is 363 g/mol. The first-order valence-corrected chi connectivity index (χ1v) is 9.52. The van der Waals surface area contributed by atoms with Gasteiger partial charge in [-0.1, -0.05) is 32.1 Å². The van der Waals surface area contributed by atoms with E-state index in [1.807, 2.05) is 13.8 Å². The van der Waals surface area contributed by atoms with Gasteiger partial charge in [0, 0.05) is 12.0 Å². The van der Waals surface area contributed by atoms with Gasteiger partial charge in [-0.25, -0.2) is 0 Å². The molecule has 136 valence electrons. The van der Waals surface area contributed by atoms with E-state index in [0.717, 1.165) is 30.7 Å². The summed E-state index contributed by atoms with van der Waals surface area (Å²) in [7, 11) is 0. The Kier molecular flexibility index (Phi) is 7.66. The summed E-state index contributed by atoms with van der Waals surface area (Å²) in [5.41, 5.74) is 0.502. The molecule has 0 saturated heterocycles. The Hall–Kier alpha value is -2.15. The van der Waals surface area contributed by atoms with Crippen LogP contribution in [0, 0.1) is 0 Å². The zero-order valence-electron chi connectivity index (χ0n) is 15.0. The van der Waals surface area contributed by atoms with Gasteiger partial charge in [-0.2, -0.15) is 0 Å². The van der Waals surface area contributed by atoms with Crippen LogP contribution in [0.4, 0.5) is 5.13 Å². The largest absolute Gasteiger partial charge is 0.490 e. The molecule has 1 N–H and O–H groups in total. The molecule has 25 heavy (non-hydrogen) atoms. The van der Waals surface area contributed by atoms with E-state index < -0.39 is 0 Å². The Balaban J connectivity index is 2.11. The maximum Gasteiger partial charge on any atom is 0.257 e. The Morgan fingerprint density at radius 1 is 1.04 bits per heavy atom. The normalized spacial score (nSPS) is 10.5. The number of amides is 1. The van der Waals surface area contributed by atoms with E-state index in [2.05, 4.69) is 22.4 Å². The lowest BCUT2D eigenvalue weighted by molar-refractivity contribution is 0.102. The van der Waals surface area contributed by atoms with Crippen LogP contribution in [0.2, 0.25) is 0 Å². The number of carbonyl (C=O) groups is 1. The predicted octanol–water partition coefficient (Wildman–Crippen LogP) is 4.32. The van der Waals surface area contributed by atoms with E-state index in [1.54, 1.807) is 18.2 Å². The van der Waals surface area contributed by atoms with Crippen LogP contribution in [0.15, 0.2) is 18.2 Å². The molecule has 0 saturated carbocycles. The van der Waals surface area contributed by atoms with Gasteiger partial charge in [0.05, 0.1) is 13.2 Å². The molecule has 0 radical (unpaired) electrons. The molecule has 1 heterocycles. The van der Waals surface area contributed by atoms with Gasteiger partial charge in [0.1, 0.15) is 5.01 Å². The summed E-state index contributed by atoms with van der Waals surface area (Å²) >= 11 is 1.40. The third-order valence-electron chi connectivity index (χ3n) is 3.28. The third-order valence-corrected chi connectivity index (χ3v) is 4.18. The van der Waals surface area contributed by atoms with Crippen molar-refractivity contribution in [1.29, 1.82) is 0 Å². The highest BCUT2D eigenvalue weighted by Crippen LogP contribution is 2.29. The number of aryl methyl sites for hydroxylation is 1. The minimum absolute atomic E-state index is 0.234. The van der Waals surface area contributed by atoms with Crippen LogP contribution in [0.3, 0.4) is 0 Å². The molecule has 0 aliphatic carbocycles. The number of hydrogen-bond donors (Lipinski definition) is 1. The van der Waals surface area contributed by atoms with Gasteiger partial charge >= 0.3 is 0 Å². The van der Waals surface area contributed by atoms with E-state index in [1.165, 1.54) is 11.3 Å². The van der Waals surface area contributed by atoms with Gasteiger partial charge in [0.2, 0.25) is 5.13 Å². The first-order chi connectivity index (χ1) is 12.2. The summed E-state index contributed by atoms with van der Waals surface area (Å²) < 4.78 is 11.4. The van der Waals surface area contributed by atoms with Gasteiger partial charge in [0.25, 0.3) is 5.91 Å². The topological polar surface area (TPSA) is 73.3 Å². The van der Waals surface area contributed by atoms with Crippen LogP contribution >= 0.6 is 11.3 Å². The molecule has 0 unspecified atom stereocenters. The molecular weight excluding hydrogens is 338 g/mol. The number of nitrogens with one attached hydrogen (secondary N) is 1. The molecular formula is C18H25N3O3S. The molecule has 0 bridgehead atoms. The fourth-order valence-corrected chi connectivity index (χ4v) is 2.93. The molecule has 0 spiro atoms. The smallest absolute Gasteiger partial charge is 0.257 e. The molecule has 0 aliphatic rings. The monoisotopic (exact) mass is 363 g/mol. The van der Waals surface area contributed by atoms with Crippen LogP contribution in [0.25, 0.3) is 0 Å². The molecule has 1 amide bonds. The highest BCUT2D eigenvalue weighted by molar-refractivity contribution is 7.15. The molecule has 0 aliphatic heterocycles. The van der Waals surface area contributed by atoms with Crippen molar-refractivity contribution in [3.05, 3.63) is 28.8 Å². The van der Waals surface area contributed by atoms with Crippen molar-refractivity contribution in [2.24, 2.45) is 0 Å². The minimum Gasteiger partial charge on any atom is -0.490 e. The highest BCUT2D eigenvalue weighted by Gasteiger charge is 2.14. The zero-order chi connectivity index (χ0) is 18.1. The quantitative estimate of drug-likeness (QED) is 0.680. The number of carbonyl (C=O) groups excluding carboxylic acids is 1. The second-order valence-corrected chi connectivity index (χ2v) is 6.63. The van der Waals surface area contributed by atoms with Crippen molar-refractivity contribution in [3.63, 3.8) is 0 Å². The van der Waals surface area contributed by atoms with E-state index in [0.29, 0.717) is 35.4 Å². The van der Waals surface area contributed by atoms with Gasteiger partial charge < -0.3 is 9.47 Å². The Morgan fingerprint density at radius 3 is 2.44 bits per heavy atom. The van der Waals surface area contributed by atoms with Crippen LogP contribution in [-0.4, -0.2) is 29.3 Å². The molecule has 1 aromatic carbocycles. The van der Waals surface area contributed by atoms with Crippen molar-refractivity contribution in [3.8, 4) is 11.5 Å². The fourth-order valence-electron chi connectivity index (χ4n) is 2.09. The van der Waals surface area contributed by atoms with Gasteiger partial charge in [-0.15, -0.1) is 10.2 Å². The maximum absolute atomic E-state index is 12.5. The van der Waals surface area contributed by atoms with Gasteiger partial charge in [0.15, 0.2) is 11.5 Å². The molecule has 2 aromatic rings. The van der Waals surface area contributed by atoms with Gasteiger partial charge in [-0.3, -0.25) is 10.1 Å². The summed E-state index contributed by atoms with van der Waals surface area (Å²) in [6, 6.07) is 5.22. The second-order valence-electron chi connectivity index (χ2n) is 5.56. The van der Waals surface area contributed by atoms with Gasteiger partial charge in [-0.05, 0) is 37.5 Å². The number of aromatic nitrogens is 2. The number of anilines is 1. The van der Waals surface area contributed by atoms with Crippen molar-refractivity contribution in [1.82, 2.24) is 10.2 Å². The summed E-state index contributed by atoms with van der Waals surface area (Å²) in [4.78, 5) is 12.5. The first kappa shape index (κ1) is 19.2. The number of benzene rings is 1. The lowest BCUT2D eigenvalue weighted by Gasteiger charge is -2.13. The maximum atomic E-state index is 12.5. The molecule has 2 rings (SSSR count). The Labute approximate surface area is 152 Å². The van der Waals surface area contributed by atoms with Crippen molar-refractivity contribution < 1.29 is 14.3 Å². The lowest BCUT2D eigenvalue weighted by atomic mass is 10.2. The summed E-state index contributed by atoms with van der Waals surface area (Å²) in [6.45, 7) is 7.35. The second kappa shape index (κ2) is 9.98. The highest BCUT2D eigenvalue weighted by atomic mass is 32.1. The predicted molar refractivity (Wildman–Crippen MR) is 99.9 cm³/mol. The van der Waals surface area contributed by atoms with E-state index in [9.17, 15) is 4.79 Å². The van der Waals surface area contributed by atoms with Crippen LogP contribution < -0.4 is 14.8 Å². The summed E-state index contributed by atoms with van der Waals surface area (Å²) in [5.74, 6) is 1.02. The number of nitrogens with zero attached hydrogens (tertiary/aromatic N) is 2. The Morgan fingerprint density at radius 2 is 1.76 bits per heavy atom. The van der Waals surface area contributed by atoms with Crippen LogP contribution in [0.1, 0.15) is 55.4 Å². The SMILES string of the molecule is CCCOc1ccc(C(=O)Nc2nnc(CCC)s2)cc1OCCC. The number of hydrogen-bond acceptors (Lipinski definition) is 6. The number of rotatable bonds is 10. The lowest BCUT2D eigenvalue weighted by Crippen LogP contribution is -2.12. The van der Waals surface area contributed by atoms with Crippen molar-refractivity contribution in [2.75, 3.05) is 18.5 Å². The Bertz CT molecular complexity index is 688. The standard InChI is InChI=1S/C18H25N3O3S/c1-4-7-16-20-21-18(25-16)19-17(22)13-8-9-14(23-10-5-2)15(12-13)24-11-6-3/h8-9,12H,4-7,10-11H2,1-3H3,(H,19,21,22). The molecule has 6 nitrogen and oxygen atoms in total. The van der Waals surface area contributed by atoms with Crippen molar-refractivity contribution >= 4 is 22.4 Å². The zero-order valence-corrected chi connectivity index (χ0v) is 15.8. The summed E-state index contributed by atoms with van der Waals surface area (Å²) in [5, 5.41) is 12.3. The molecule has 1 aromatic heterocycles. The van der Waals surface area contributed by atoms with E-state index >= 15 is 0 Å². The van der Waals surface area contributed by atoms with Crippen molar-refractivity contribution in [2.45, 2.75) is 46.5 Å². The third kappa shape index (κ3) is 5.70. The minimum atomic E-state index is -0.234. The van der Waals surface area contributed by atoms with Crippen LogP contribution in [0.5, 0.6) is 11.5 Å². The van der Waals surface area contributed by atoms with Crippen LogP contribution in [-0.2, 0) is 6.42 Å². The molecule has 7 heteroatoms. The fraction of sp³-hybridized carbons (Fsp3) is 0.500. The van der Waals surface area contributed by atoms with E-state index in [-0.39, 0.29) is 5.91 Å². The summed E-state index contributed by atoms with van der Waals surface area (Å²) in [6.07, 6.45) is 3.66. The number of ether oxygens (including phenoxy) is 2.